The van der Waals surface area contributed by atoms with Crippen LogP contribution in [-0.4, -0.2) is 44.6 Å². The van der Waals surface area contributed by atoms with E-state index in [0.717, 1.165) is 0 Å². The predicted molar refractivity (Wildman–Crippen MR) is 68.6 cm³/mol. The van der Waals surface area contributed by atoms with E-state index in [9.17, 15) is 27.9 Å². The summed E-state index contributed by atoms with van der Waals surface area (Å²) in [6.07, 6.45) is -5.47. The summed E-state index contributed by atoms with van der Waals surface area (Å²) in [5, 5.41) is 22.1. The molecule has 1 fully saturated rings. The van der Waals surface area contributed by atoms with Crippen LogP contribution in [0.15, 0.2) is 6.20 Å². The zero-order valence-corrected chi connectivity index (χ0v) is 12.1. The number of alkyl halides is 3. The third kappa shape index (κ3) is 3.31. The Morgan fingerprint density at radius 1 is 1.48 bits per heavy atom. The maximum Gasteiger partial charge on any atom is 0.433 e. The molecule has 0 radical (unpaired) electrons. The highest BCUT2D eigenvalue weighted by Gasteiger charge is 2.46. The fourth-order valence-electron chi connectivity index (χ4n) is 2.59. The topological polar surface area (TPSA) is 102 Å². The monoisotopic (exact) mass is 336 g/mol. The van der Waals surface area contributed by atoms with E-state index in [1.54, 1.807) is 6.92 Å². The van der Waals surface area contributed by atoms with Gasteiger partial charge in [-0.1, -0.05) is 0 Å². The standard InChI is InChI=1S/C13H15F3N2O5/c1-2-23-12(22)9(19)6-3-7(4-6)18-10(13(14,15)16)8(5-17-18)11(20)21/h5-7,9,19H,2-4H2,1H3,(H,20,21). The second kappa shape index (κ2) is 6.19. The molecule has 1 heterocycles. The minimum absolute atomic E-state index is 0.0732. The van der Waals surface area contributed by atoms with E-state index in [2.05, 4.69) is 9.84 Å². The number of halogens is 3. The fourth-order valence-corrected chi connectivity index (χ4v) is 2.59. The van der Waals surface area contributed by atoms with Gasteiger partial charge in [0, 0.05) is 0 Å². The predicted octanol–water partition coefficient (Wildman–Crippen LogP) is 1.48. The molecule has 1 aliphatic carbocycles. The van der Waals surface area contributed by atoms with Crippen molar-refractivity contribution in [1.29, 1.82) is 0 Å². The van der Waals surface area contributed by atoms with Crippen LogP contribution in [0.25, 0.3) is 0 Å². The molecule has 0 spiro atoms. The van der Waals surface area contributed by atoms with Crippen LogP contribution in [0.1, 0.15) is 41.9 Å². The molecular formula is C13H15F3N2O5. The molecule has 23 heavy (non-hydrogen) atoms. The van der Waals surface area contributed by atoms with Crippen LogP contribution in [0.3, 0.4) is 0 Å². The molecule has 1 saturated carbocycles. The Hall–Kier alpha value is -2.10. The molecule has 0 amide bonds. The Balaban J connectivity index is 2.14. The molecular weight excluding hydrogens is 321 g/mol. The van der Waals surface area contributed by atoms with Crippen molar-refractivity contribution in [2.75, 3.05) is 6.61 Å². The van der Waals surface area contributed by atoms with Crippen molar-refractivity contribution in [3.8, 4) is 0 Å². The van der Waals surface area contributed by atoms with E-state index in [0.29, 0.717) is 10.9 Å². The lowest BCUT2D eigenvalue weighted by atomic mass is 9.76. The van der Waals surface area contributed by atoms with Gasteiger partial charge in [-0.3, -0.25) is 4.68 Å². The molecule has 0 saturated heterocycles. The molecule has 1 aliphatic rings. The van der Waals surface area contributed by atoms with Crippen molar-refractivity contribution < 1.29 is 37.7 Å². The summed E-state index contributed by atoms with van der Waals surface area (Å²) in [6, 6.07) is -0.728. The van der Waals surface area contributed by atoms with E-state index >= 15 is 0 Å². The average Bonchev–Trinajstić information content (AvgIpc) is 2.81. The maximum atomic E-state index is 13.1. The molecule has 1 aromatic heterocycles. The third-order valence-corrected chi connectivity index (χ3v) is 3.76. The van der Waals surface area contributed by atoms with Crippen molar-refractivity contribution in [2.45, 2.75) is 38.1 Å². The van der Waals surface area contributed by atoms with Gasteiger partial charge < -0.3 is 14.9 Å². The molecule has 1 aromatic rings. The first kappa shape index (κ1) is 17.3. The van der Waals surface area contributed by atoms with Gasteiger partial charge >= 0.3 is 18.1 Å². The van der Waals surface area contributed by atoms with Crippen molar-refractivity contribution in [2.24, 2.45) is 5.92 Å². The molecule has 1 atom stereocenters. The van der Waals surface area contributed by atoms with E-state index < -0.39 is 47.4 Å². The highest BCUT2D eigenvalue weighted by molar-refractivity contribution is 5.88. The summed E-state index contributed by atoms with van der Waals surface area (Å²) in [4.78, 5) is 22.3. The van der Waals surface area contributed by atoms with Crippen LogP contribution < -0.4 is 0 Å². The number of aromatic nitrogens is 2. The number of carbonyl (C=O) groups is 2. The van der Waals surface area contributed by atoms with Gasteiger partial charge in [0.05, 0.1) is 18.8 Å². The zero-order chi connectivity index (χ0) is 17.4. The first-order valence-corrected chi connectivity index (χ1v) is 6.89. The number of aromatic carboxylic acids is 1. The van der Waals surface area contributed by atoms with Crippen molar-refractivity contribution in [3.05, 3.63) is 17.5 Å². The number of nitrogens with zero attached hydrogens (tertiary/aromatic N) is 2. The second-order valence-corrected chi connectivity index (χ2v) is 5.24. The van der Waals surface area contributed by atoms with Crippen molar-refractivity contribution in [1.82, 2.24) is 9.78 Å². The normalized spacial score (nSPS) is 22.3. The van der Waals surface area contributed by atoms with Gasteiger partial charge in [-0.2, -0.15) is 18.3 Å². The number of aliphatic hydroxyl groups excluding tert-OH is 1. The number of carbonyl (C=O) groups excluding carboxylic acids is 1. The molecule has 0 aliphatic heterocycles. The van der Waals surface area contributed by atoms with E-state index in [1.165, 1.54) is 0 Å². The van der Waals surface area contributed by atoms with Crippen molar-refractivity contribution in [3.63, 3.8) is 0 Å². The number of hydrogen-bond donors (Lipinski definition) is 2. The summed E-state index contributed by atoms with van der Waals surface area (Å²) in [5.41, 5.74) is -2.26. The number of esters is 1. The lowest BCUT2D eigenvalue weighted by molar-refractivity contribution is -0.160. The van der Waals surface area contributed by atoms with E-state index in [1.807, 2.05) is 0 Å². The SMILES string of the molecule is CCOC(=O)C(O)C1CC(n2ncc(C(=O)O)c2C(F)(F)F)C1. The summed E-state index contributed by atoms with van der Waals surface area (Å²) in [5.74, 6) is -3.08. The average molecular weight is 336 g/mol. The van der Waals surface area contributed by atoms with Gasteiger partial charge in [-0.25, -0.2) is 9.59 Å². The Morgan fingerprint density at radius 2 is 2.09 bits per heavy atom. The smallest absolute Gasteiger partial charge is 0.433 e. The quantitative estimate of drug-likeness (QED) is 0.790. The number of hydrogen-bond acceptors (Lipinski definition) is 5. The van der Waals surface area contributed by atoms with Gasteiger partial charge in [0.15, 0.2) is 11.8 Å². The first-order valence-electron chi connectivity index (χ1n) is 6.89. The molecule has 10 heteroatoms. The highest BCUT2D eigenvalue weighted by Crippen LogP contribution is 2.43. The zero-order valence-electron chi connectivity index (χ0n) is 12.1. The molecule has 0 bridgehead atoms. The van der Waals surface area contributed by atoms with Gasteiger partial charge in [-0.15, -0.1) is 0 Å². The van der Waals surface area contributed by atoms with Crippen LogP contribution >= 0.6 is 0 Å². The first-order chi connectivity index (χ1) is 10.7. The van der Waals surface area contributed by atoms with Crippen LogP contribution in [0.5, 0.6) is 0 Å². The van der Waals surface area contributed by atoms with Gasteiger partial charge in [-0.05, 0) is 25.7 Å². The van der Waals surface area contributed by atoms with Gasteiger partial charge in [0.2, 0.25) is 0 Å². The van der Waals surface area contributed by atoms with Crippen LogP contribution in [0.4, 0.5) is 13.2 Å². The van der Waals surface area contributed by atoms with Gasteiger partial charge in [0.25, 0.3) is 0 Å². The van der Waals surface area contributed by atoms with Crippen LogP contribution in [-0.2, 0) is 15.7 Å². The maximum absolute atomic E-state index is 13.1. The molecule has 1 unspecified atom stereocenters. The summed E-state index contributed by atoms with van der Waals surface area (Å²) in [6.45, 7) is 1.66. The summed E-state index contributed by atoms with van der Waals surface area (Å²) < 4.78 is 44.4. The Bertz CT molecular complexity index is 607. The van der Waals surface area contributed by atoms with Gasteiger partial charge in [0.1, 0.15) is 5.56 Å². The summed E-state index contributed by atoms with van der Waals surface area (Å²) >= 11 is 0. The minimum atomic E-state index is -4.87. The molecule has 2 N–H and O–H groups in total. The molecule has 128 valence electrons. The number of aliphatic hydroxyl groups is 1. The Labute approximate surface area is 128 Å². The third-order valence-electron chi connectivity index (χ3n) is 3.76. The highest BCUT2D eigenvalue weighted by atomic mass is 19.4. The number of carboxylic acids is 1. The van der Waals surface area contributed by atoms with Crippen molar-refractivity contribution >= 4 is 11.9 Å². The second-order valence-electron chi connectivity index (χ2n) is 5.24. The largest absolute Gasteiger partial charge is 0.478 e. The molecule has 2 rings (SSSR count). The number of carboxylic acid groups (broad SMARTS) is 1. The van der Waals surface area contributed by atoms with E-state index in [-0.39, 0.29) is 19.4 Å². The lowest BCUT2D eigenvalue weighted by Gasteiger charge is -2.38. The lowest BCUT2D eigenvalue weighted by Crippen LogP contribution is -2.41. The Kier molecular flexibility index (Phi) is 4.64. The molecule has 7 nitrogen and oxygen atoms in total. The number of ether oxygens (including phenoxy) is 1. The fraction of sp³-hybridized carbons (Fsp3) is 0.615. The van der Waals surface area contributed by atoms with Crippen LogP contribution in [0, 0.1) is 5.92 Å². The number of rotatable bonds is 5. The van der Waals surface area contributed by atoms with Crippen LogP contribution in [0.2, 0.25) is 0 Å². The Morgan fingerprint density at radius 3 is 2.57 bits per heavy atom. The summed E-state index contributed by atoms with van der Waals surface area (Å²) in [7, 11) is 0. The minimum Gasteiger partial charge on any atom is -0.478 e. The molecule has 0 aromatic carbocycles. The van der Waals surface area contributed by atoms with E-state index in [4.69, 9.17) is 5.11 Å².